The van der Waals surface area contributed by atoms with E-state index in [2.05, 4.69) is 4.98 Å². The van der Waals surface area contributed by atoms with Gasteiger partial charge in [-0.05, 0) is 0 Å². The molecule has 100 valence electrons. The van der Waals surface area contributed by atoms with Gasteiger partial charge in [0.15, 0.2) is 0 Å². The average Bonchev–Trinajstić information content (AvgIpc) is 2.70. The molecule has 0 aromatic carbocycles. The molecule has 0 amide bonds. The summed E-state index contributed by atoms with van der Waals surface area (Å²) in [5.41, 5.74) is -1.32. The van der Waals surface area contributed by atoms with Crippen LogP contribution in [0.4, 0.5) is 0 Å². The summed E-state index contributed by atoms with van der Waals surface area (Å²) in [5, 5.41) is 27.5. The number of aromatic nitrogens is 2. The molecule has 1 saturated heterocycles. The van der Waals surface area contributed by atoms with Gasteiger partial charge in [0.25, 0.3) is 5.56 Å². The fourth-order valence-electron chi connectivity index (χ4n) is 1.90. The van der Waals surface area contributed by atoms with Gasteiger partial charge in [-0.25, -0.2) is 4.79 Å². The summed E-state index contributed by atoms with van der Waals surface area (Å²) in [6, 6.07) is 0. The number of aliphatic hydroxyl groups excluding tert-OH is 3. The van der Waals surface area contributed by atoms with Gasteiger partial charge in [-0.3, -0.25) is 14.3 Å². The summed E-state index contributed by atoms with van der Waals surface area (Å²) in [6.45, 7) is -0.864. The maximum absolute atomic E-state index is 11.6. The Bertz CT molecular complexity index is 536. The van der Waals surface area contributed by atoms with Crippen molar-refractivity contribution < 1.29 is 20.1 Å². The monoisotopic (exact) mass is 258 g/mol. The van der Waals surface area contributed by atoms with Crippen LogP contribution in [0.5, 0.6) is 0 Å². The minimum atomic E-state index is -0.878. The topological polar surface area (TPSA) is 125 Å². The number of H-pyrrole nitrogens is 1. The Labute approximate surface area is 101 Å². The second-order valence-electron chi connectivity index (χ2n) is 4.09. The van der Waals surface area contributed by atoms with Crippen LogP contribution in [0.25, 0.3) is 0 Å². The van der Waals surface area contributed by atoms with E-state index in [0.717, 1.165) is 4.57 Å². The van der Waals surface area contributed by atoms with E-state index in [1.807, 2.05) is 0 Å². The van der Waals surface area contributed by atoms with Crippen molar-refractivity contribution in [3.05, 3.63) is 32.6 Å². The predicted molar refractivity (Wildman–Crippen MR) is 58.9 cm³/mol. The minimum absolute atomic E-state index is 0.0279. The number of ether oxygens (including phenoxy) is 1. The summed E-state index contributed by atoms with van der Waals surface area (Å²) < 4.78 is 6.38. The van der Waals surface area contributed by atoms with Gasteiger partial charge in [0.05, 0.1) is 24.9 Å². The molecule has 0 radical (unpaired) electrons. The molecule has 1 fully saturated rings. The zero-order valence-corrected chi connectivity index (χ0v) is 9.44. The molecule has 4 N–H and O–H groups in total. The van der Waals surface area contributed by atoms with Crippen LogP contribution in [0.2, 0.25) is 0 Å². The summed E-state index contributed by atoms with van der Waals surface area (Å²) >= 11 is 0. The SMILES string of the molecule is O=c1[nH]c(=O)n([C@@H]2C[C@@H](O)[C@H](CO)O2)cc1CO. The number of nitrogens with one attached hydrogen (secondary N) is 1. The highest BCUT2D eigenvalue weighted by atomic mass is 16.5. The van der Waals surface area contributed by atoms with Crippen molar-refractivity contribution in [1.82, 2.24) is 9.55 Å². The van der Waals surface area contributed by atoms with Crippen molar-refractivity contribution >= 4 is 0 Å². The molecule has 1 aromatic heterocycles. The van der Waals surface area contributed by atoms with Gasteiger partial charge >= 0.3 is 5.69 Å². The van der Waals surface area contributed by atoms with Crippen molar-refractivity contribution in [2.45, 2.75) is 31.5 Å². The molecule has 1 aliphatic heterocycles. The Kier molecular flexibility index (Phi) is 3.62. The van der Waals surface area contributed by atoms with Crippen LogP contribution >= 0.6 is 0 Å². The molecular formula is C10H14N2O6. The van der Waals surface area contributed by atoms with Gasteiger partial charge in [0.1, 0.15) is 12.3 Å². The van der Waals surface area contributed by atoms with Gasteiger partial charge in [-0.1, -0.05) is 0 Å². The first-order valence-electron chi connectivity index (χ1n) is 5.46. The molecule has 0 aliphatic carbocycles. The maximum atomic E-state index is 11.6. The highest BCUT2D eigenvalue weighted by Crippen LogP contribution is 2.27. The van der Waals surface area contributed by atoms with Crippen molar-refractivity contribution in [2.24, 2.45) is 0 Å². The van der Waals surface area contributed by atoms with Crippen LogP contribution in [0.1, 0.15) is 18.2 Å². The van der Waals surface area contributed by atoms with Crippen LogP contribution in [-0.4, -0.2) is 43.7 Å². The molecule has 0 bridgehead atoms. The lowest BCUT2D eigenvalue weighted by Gasteiger charge is -2.14. The Hall–Kier alpha value is -1.48. The third-order valence-electron chi connectivity index (χ3n) is 2.91. The lowest BCUT2D eigenvalue weighted by molar-refractivity contribution is -0.0460. The van der Waals surface area contributed by atoms with Crippen LogP contribution in [0.15, 0.2) is 15.8 Å². The zero-order chi connectivity index (χ0) is 13.3. The van der Waals surface area contributed by atoms with E-state index in [1.165, 1.54) is 6.20 Å². The summed E-state index contributed by atoms with van der Waals surface area (Å²) in [5.74, 6) is 0. The van der Waals surface area contributed by atoms with Crippen molar-refractivity contribution in [2.75, 3.05) is 6.61 Å². The number of aliphatic hydroxyl groups is 3. The molecule has 0 saturated carbocycles. The quantitative estimate of drug-likeness (QED) is 0.482. The molecule has 2 rings (SSSR count). The van der Waals surface area contributed by atoms with Gasteiger partial charge in [0, 0.05) is 12.6 Å². The number of rotatable bonds is 3. The Balaban J connectivity index is 2.35. The normalized spacial score (nSPS) is 27.6. The molecule has 1 aromatic rings. The van der Waals surface area contributed by atoms with Gasteiger partial charge in [-0.15, -0.1) is 0 Å². The smallest absolute Gasteiger partial charge is 0.330 e. The minimum Gasteiger partial charge on any atom is -0.394 e. The third kappa shape index (κ3) is 2.23. The lowest BCUT2D eigenvalue weighted by Crippen LogP contribution is -2.34. The van der Waals surface area contributed by atoms with Gasteiger partial charge < -0.3 is 20.1 Å². The third-order valence-corrected chi connectivity index (χ3v) is 2.91. The van der Waals surface area contributed by atoms with Crippen LogP contribution in [0, 0.1) is 0 Å². The molecule has 8 nitrogen and oxygen atoms in total. The van der Waals surface area contributed by atoms with E-state index in [1.54, 1.807) is 0 Å². The number of nitrogens with zero attached hydrogens (tertiary/aromatic N) is 1. The zero-order valence-electron chi connectivity index (χ0n) is 9.44. The average molecular weight is 258 g/mol. The standard InChI is InChI=1S/C10H14N2O6/c13-3-5-2-12(10(17)11-9(5)16)8-1-6(15)7(4-14)18-8/h2,6-8,13-15H,1,3-4H2,(H,11,16,17)/t6-,7+,8+/m1/s1. The summed E-state index contributed by atoms with van der Waals surface area (Å²) in [6.07, 6.45) is -1.09. The number of aromatic amines is 1. The number of hydrogen-bond acceptors (Lipinski definition) is 6. The van der Waals surface area contributed by atoms with Gasteiger partial charge in [0.2, 0.25) is 0 Å². The van der Waals surface area contributed by atoms with Crippen LogP contribution in [-0.2, 0) is 11.3 Å². The molecular weight excluding hydrogens is 244 g/mol. The molecule has 18 heavy (non-hydrogen) atoms. The summed E-state index contributed by atoms with van der Waals surface area (Å²) in [7, 11) is 0. The van der Waals surface area contributed by atoms with E-state index >= 15 is 0 Å². The van der Waals surface area contributed by atoms with E-state index in [4.69, 9.17) is 14.9 Å². The highest BCUT2D eigenvalue weighted by molar-refractivity contribution is 5.03. The molecule has 1 aliphatic rings. The fraction of sp³-hybridized carbons (Fsp3) is 0.600. The molecule has 0 spiro atoms. The summed E-state index contributed by atoms with van der Waals surface area (Å²) in [4.78, 5) is 24.9. The first-order chi connectivity index (χ1) is 8.56. The van der Waals surface area contributed by atoms with E-state index < -0.39 is 36.3 Å². The van der Waals surface area contributed by atoms with Crippen molar-refractivity contribution in [3.63, 3.8) is 0 Å². The number of hydrogen-bond donors (Lipinski definition) is 4. The Morgan fingerprint density at radius 2 is 2.17 bits per heavy atom. The van der Waals surface area contributed by atoms with E-state index in [-0.39, 0.29) is 18.6 Å². The Morgan fingerprint density at radius 3 is 2.72 bits per heavy atom. The van der Waals surface area contributed by atoms with Gasteiger partial charge in [-0.2, -0.15) is 0 Å². The largest absolute Gasteiger partial charge is 0.394 e. The lowest BCUT2D eigenvalue weighted by atomic mass is 10.2. The van der Waals surface area contributed by atoms with E-state index in [0.29, 0.717) is 0 Å². The highest BCUT2D eigenvalue weighted by Gasteiger charge is 2.35. The molecule has 8 heteroatoms. The van der Waals surface area contributed by atoms with Crippen LogP contribution < -0.4 is 11.2 Å². The Morgan fingerprint density at radius 1 is 1.44 bits per heavy atom. The van der Waals surface area contributed by atoms with E-state index in [9.17, 15) is 14.7 Å². The van der Waals surface area contributed by atoms with Crippen LogP contribution in [0.3, 0.4) is 0 Å². The fourth-order valence-corrected chi connectivity index (χ4v) is 1.90. The second kappa shape index (κ2) is 5.02. The second-order valence-corrected chi connectivity index (χ2v) is 4.09. The predicted octanol–water partition coefficient (Wildman–Crippen LogP) is -2.33. The van der Waals surface area contributed by atoms with Crippen molar-refractivity contribution in [1.29, 1.82) is 0 Å². The molecule has 2 heterocycles. The van der Waals surface area contributed by atoms with Crippen molar-refractivity contribution in [3.8, 4) is 0 Å². The maximum Gasteiger partial charge on any atom is 0.330 e. The molecule has 3 atom stereocenters. The first kappa shape index (κ1) is 13.0. The first-order valence-corrected chi connectivity index (χ1v) is 5.46. The molecule has 0 unspecified atom stereocenters.